The van der Waals surface area contributed by atoms with Crippen LogP contribution in [-0.2, 0) is 20.9 Å². The van der Waals surface area contributed by atoms with Crippen molar-refractivity contribution in [2.45, 2.75) is 12.6 Å². The smallest absolute Gasteiger partial charge is 0.325 e. The summed E-state index contributed by atoms with van der Waals surface area (Å²) in [5, 5.41) is 8.62. The molecule has 0 saturated heterocycles. The van der Waals surface area contributed by atoms with Crippen LogP contribution in [0.2, 0.25) is 0 Å². The quantitative estimate of drug-likeness (QED) is 0.695. The molecule has 0 aliphatic rings. The highest BCUT2D eigenvalue weighted by Gasteiger charge is 2.18. The summed E-state index contributed by atoms with van der Waals surface area (Å²) in [6.45, 7) is 0.157. The van der Waals surface area contributed by atoms with Gasteiger partial charge in [-0.3, -0.25) is 4.79 Å². The number of benzene rings is 1. The molecule has 1 atom stereocenters. The zero-order valence-corrected chi connectivity index (χ0v) is 9.13. The summed E-state index contributed by atoms with van der Waals surface area (Å²) in [5.74, 6) is 0.234. The first-order chi connectivity index (χ1) is 8.15. The predicted molar refractivity (Wildman–Crippen MR) is 60.9 cm³/mol. The molecule has 0 aliphatic carbocycles. The van der Waals surface area contributed by atoms with E-state index in [0.717, 1.165) is 5.56 Å². The van der Waals surface area contributed by atoms with E-state index in [0.29, 0.717) is 6.61 Å². The van der Waals surface area contributed by atoms with Gasteiger partial charge in [0.25, 0.3) is 0 Å². The molecule has 1 aromatic carbocycles. The number of carbonyl (C=O) groups is 1. The Balaban J connectivity index is 2.45. The van der Waals surface area contributed by atoms with Crippen LogP contribution in [0.1, 0.15) is 5.56 Å². The largest absolute Gasteiger partial charge is 0.480 e. The van der Waals surface area contributed by atoms with Gasteiger partial charge in [-0.05, 0) is 5.56 Å². The Morgan fingerprint density at radius 1 is 1.41 bits per heavy atom. The summed E-state index contributed by atoms with van der Waals surface area (Å²) < 4.78 is 5.20. The minimum Gasteiger partial charge on any atom is -0.480 e. The van der Waals surface area contributed by atoms with Crippen molar-refractivity contribution >= 4 is 11.9 Å². The van der Waals surface area contributed by atoms with Crippen LogP contribution in [0.25, 0.3) is 0 Å². The van der Waals surface area contributed by atoms with Crippen molar-refractivity contribution in [3.63, 3.8) is 0 Å². The average molecular weight is 235 g/mol. The first-order valence-corrected chi connectivity index (χ1v) is 4.99. The number of hydrogen-bond acceptors (Lipinski definition) is 4. The Hall–Kier alpha value is -1.94. The minimum atomic E-state index is -1.36. The van der Waals surface area contributed by atoms with E-state index in [1.54, 1.807) is 0 Å². The van der Waals surface area contributed by atoms with Gasteiger partial charge in [0.2, 0.25) is 0 Å². The molecule has 1 unspecified atom stereocenters. The van der Waals surface area contributed by atoms with E-state index in [1.807, 2.05) is 30.3 Å². The number of hydrogen-bond donors (Lipinski definition) is 2. The fraction of sp³-hybridized carbons (Fsp3) is 0.250. The molecule has 0 amide bonds. The first kappa shape index (κ1) is 13.1. The average Bonchev–Trinajstić information content (AvgIpc) is 2.35. The number of nitrogens with two attached hydrogens (primary N) is 1. The molecule has 0 aromatic heterocycles. The molecule has 5 nitrogen and oxygen atoms in total. The Morgan fingerprint density at radius 3 is 2.59 bits per heavy atom. The zero-order valence-electron chi connectivity index (χ0n) is 9.13. The number of carboxylic acid groups (broad SMARTS) is 1. The number of ether oxygens (including phenoxy) is 1. The predicted octanol–water partition coefficient (Wildman–Crippen LogP) is 0.373. The normalized spacial score (nSPS) is 11.6. The number of rotatable bonds is 6. The lowest BCUT2D eigenvalue weighted by Crippen LogP contribution is -2.34. The first-order valence-electron chi connectivity index (χ1n) is 4.99. The fourth-order valence-electron chi connectivity index (χ4n) is 1.18. The van der Waals surface area contributed by atoms with E-state index < -0.39 is 12.0 Å². The second-order valence-electron chi connectivity index (χ2n) is 3.42. The summed E-state index contributed by atoms with van der Waals surface area (Å²) in [6, 6.07) is 7.96. The van der Waals surface area contributed by atoms with Crippen molar-refractivity contribution in [1.82, 2.24) is 0 Å². The second-order valence-corrected chi connectivity index (χ2v) is 3.42. The van der Waals surface area contributed by atoms with E-state index in [1.165, 1.54) is 5.94 Å². The van der Waals surface area contributed by atoms with Gasteiger partial charge in [0.15, 0.2) is 0 Å². The van der Waals surface area contributed by atoms with Gasteiger partial charge in [-0.2, -0.15) is 0 Å². The van der Waals surface area contributed by atoms with E-state index >= 15 is 0 Å². The maximum Gasteiger partial charge on any atom is 0.325 e. The lowest BCUT2D eigenvalue weighted by Gasteiger charge is -2.08. The Labute approximate surface area is 98.5 Å². The van der Waals surface area contributed by atoms with E-state index in [2.05, 4.69) is 0 Å². The van der Waals surface area contributed by atoms with Gasteiger partial charge in [-0.1, -0.05) is 30.3 Å². The lowest BCUT2D eigenvalue weighted by atomic mass is 10.1. The van der Waals surface area contributed by atoms with E-state index in [4.69, 9.17) is 15.6 Å². The molecule has 0 heterocycles. The van der Waals surface area contributed by atoms with Gasteiger partial charge in [-0.15, -0.1) is 0 Å². The van der Waals surface area contributed by atoms with Crippen LogP contribution in [0.3, 0.4) is 0 Å². The van der Waals surface area contributed by atoms with Gasteiger partial charge >= 0.3 is 5.97 Å². The molecule has 17 heavy (non-hydrogen) atoms. The van der Waals surface area contributed by atoms with Gasteiger partial charge in [0.05, 0.1) is 18.8 Å². The highest BCUT2D eigenvalue weighted by molar-refractivity contribution is 5.81. The van der Waals surface area contributed by atoms with Gasteiger partial charge in [0.1, 0.15) is 12.0 Å². The number of carbonyl (C=O) groups excluding carboxylic acids is 1. The molecular weight excluding hydrogens is 222 g/mol. The SMILES string of the molecule is NC(C(=O)O)C(=C=O)COCc1ccccc1. The molecule has 0 fully saturated rings. The maximum absolute atomic E-state index is 10.6. The fourth-order valence-corrected chi connectivity index (χ4v) is 1.18. The van der Waals surface area contributed by atoms with Gasteiger partial charge < -0.3 is 15.6 Å². The summed E-state index contributed by atoms with van der Waals surface area (Å²) in [5.41, 5.74) is 6.10. The van der Waals surface area contributed by atoms with Crippen molar-refractivity contribution in [2.75, 3.05) is 6.61 Å². The van der Waals surface area contributed by atoms with Crippen molar-refractivity contribution in [2.24, 2.45) is 5.73 Å². The van der Waals surface area contributed by atoms with Crippen molar-refractivity contribution in [3.05, 3.63) is 41.5 Å². The van der Waals surface area contributed by atoms with Gasteiger partial charge in [0, 0.05) is 0 Å². The van der Waals surface area contributed by atoms with Crippen LogP contribution in [0, 0.1) is 0 Å². The number of carboxylic acids is 1. The molecule has 0 radical (unpaired) electrons. The summed E-state index contributed by atoms with van der Waals surface area (Å²) in [6.07, 6.45) is 0. The van der Waals surface area contributed by atoms with E-state index in [9.17, 15) is 9.59 Å². The summed E-state index contributed by atoms with van der Waals surface area (Å²) >= 11 is 0. The molecule has 0 aliphatic heterocycles. The monoisotopic (exact) mass is 235 g/mol. The molecule has 0 spiro atoms. The Morgan fingerprint density at radius 2 is 2.06 bits per heavy atom. The third kappa shape index (κ3) is 4.20. The van der Waals surface area contributed by atoms with Crippen molar-refractivity contribution in [1.29, 1.82) is 0 Å². The third-order valence-electron chi connectivity index (χ3n) is 2.14. The van der Waals surface area contributed by atoms with Gasteiger partial charge in [-0.25, -0.2) is 4.79 Å². The molecular formula is C12H13NO4. The van der Waals surface area contributed by atoms with Crippen LogP contribution in [-0.4, -0.2) is 29.7 Å². The third-order valence-corrected chi connectivity index (χ3v) is 2.14. The lowest BCUT2D eigenvalue weighted by molar-refractivity contribution is -0.137. The molecule has 1 rings (SSSR count). The highest BCUT2D eigenvalue weighted by Crippen LogP contribution is 2.03. The highest BCUT2D eigenvalue weighted by atomic mass is 16.5. The van der Waals surface area contributed by atoms with Crippen molar-refractivity contribution < 1.29 is 19.4 Å². The summed E-state index contributed by atoms with van der Waals surface area (Å²) in [7, 11) is 0. The standard InChI is InChI=1S/C12H13NO4/c13-11(12(15)16)10(6-14)8-17-7-9-4-2-1-3-5-9/h1-5,11H,7-8,13H2,(H,15,16). The van der Waals surface area contributed by atoms with Crippen LogP contribution >= 0.6 is 0 Å². The maximum atomic E-state index is 10.6. The van der Waals surface area contributed by atoms with E-state index in [-0.39, 0.29) is 12.2 Å². The second kappa shape index (κ2) is 6.60. The molecule has 0 saturated carbocycles. The van der Waals surface area contributed by atoms with Crippen LogP contribution in [0.15, 0.2) is 35.9 Å². The number of aliphatic carboxylic acids is 1. The molecule has 0 bridgehead atoms. The minimum absolute atomic E-state index is 0.103. The molecule has 5 heteroatoms. The van der Waals surface area contributed by atoms with Crippen LogP contribution < -0.4 is 5.73 Å². The molecule has 90 valence electrons. The zero-order chi connectivity index (χ0) is 12.7. The van der Waals surface area contributed by atoms with Crippen LogP contribution in [0.4, 0.5) is 0 Å². The van der Waals surface area contributed by atoms with Crippen LogP contribution in [0.5, 0.6) is 0 Å². The molecule has 1 aromatic rings. The molecule has 3 N–H and O–H groups in total. The summed E-state index contributed by atoms with van der Waals surface area (Å²) in [4.78, 5) is 21.1. The van der Waals surface area contributed by atoms with Crippen molar-refractivity contribution in [3.8, 4) is 0 Å². The topological polar surface area (TPSA) is 89.6 Å². The Kier molecular flexibility index (Phi) is 5.10. The Bertz CT molecular complexity index is 423.